The maximum absolute atomic E-state index is 13.6. The van der Waals surface area contributed by atoms with E-state index >= 15 is 0 Å². The number of anilines is 1. The van der Waals surface area contributed by atoms with Crippen LogP contribution in [0.15, 0.2) is 65.1 Å². The molecule has 0 radical (unpaired) electrons. The third-order valence-electron chi connectivity index (χ3n) is 5.77. The van der Waals surface area contributed by atoms with Crippen molar-refractivity contribution in [3.63, 3.8) is 0 Å². The summed E-state index contributed by atoms with van der Waals surface area (Å²) in [5.41, 5.74) is 4.09. The van der Waals surface area contributed by atoms with Gasteiger partial charge in [-0.05, 0) is 78.9 Å². The first kappa shape index (κ1) is 20.2. The van der Waals surface area contributed by atoms with Crippen LogP contribution in [0.4, 0.5) is 19.3 Å². The van der Waals surface area contributed by atoms with Gasteiger partial charge in [-0.15, -0.1) is 0 Å². The fourth-order valence-electron chi connectivity index (χ4n) is 4.12. The quantitative estimate of drug-likeness (QED) is 0.404. The summed E-state index contributed by atoms with van der Waals surface area (Å²) in [7, 11) is 0. The molecule has 7 heteroatoms. The Bertz CT molecular complexity index is 1320. The molecule has 32 heavy (non-hydrogen) atoms. The Morgan fingerprint density at radius 3 is 2.72 bits per heavy atom. The number of carbonyl (C=O) groups excluding carboxylic acids is 1. The minimum Gasteiger partial charge on any atom is -0.438 e. The van der Waals surface area contributed by atoms with Crippen LogP contribution in [0.25, 0.3) is 22.2 Å². The van der Waals surface area contributed by atoms with E-state index in [1.54, 1.807) is 36.1 Å². The van der Waals surface area contributed by atoms with Crippen molar-refractivity contribution >= 4 is 22.8 Å². The van der Waals surface area contributed by atoms with E-state index in [0.29, 0.717) is 34.8 Å². The summed E-state index contributed by atoms with van der Waals surface area (Å²) in [5.74, 6) is -0.178. The Morgan fingerprint density at radius 2 is 1.91 bits per heavy atom. The third-order valence-corrected chi connectivity index (χ3v) is 5.77. The Balaban J connectivity index is 1.40. The molecule has 4 aromatic rings. The Hall–Kier alpha value is -3.74. The smallest absolute Gasteiger partial charge is 0.322 e. The van der Waals surface area contributed by atoms with E-state index in [-0.39, 0.29) is 17.9 Å². The molecule has 1 aliphatic heterocycles. The molecule has 5 rings (SSSR count). The number of fused-ring (bicyclic) bond motifs is 1. The number of nitrogens with zero attached hydrogens (tertiary/aromatic N) is 2. The minimum absolute atomic E-state index is 0.239. The van der Waals surface area contributed by atoms with Gasteiger partial charge in [0.2, 0.25) is 5.89 Å². The van der Waals surface area contributed by atoms with Gasteiger partial charge >= 0.3 is 6.03 Å². The molecule has 1 unspecified atom stereocenters. The summed E-state index contributed by atoms with van der Waals surface area (Å²) < 4.78 is 33.0. The molecular weight excluding hydrogens is 412 g/mol. The Kier molecular flexibility index (Phi) is 5.09. The van der Waals surface area contributed by atoms with Gasteiger partial charge in [-0.25, -0.2) is 18.6 Å². The second kappa shape index (κ2) is 8.07. The number of nitrogens with one attached hydrogen (secondary N) is 1. The summed E-state index contributed by atoms with van der Waals surface area (Å²) in [6.07, 6.45) is 1.55. The van der Waals surface area contributed by atoms with Gasteiger partial charge in [-0.1, -0.05) is 18.2 Å². The average molecular weight is 433 g/mol. The molecule has 0 saturated carbocycles. The number of benzene rings is 3. The fourth-order valence-corrected chi connectivity index (χ4v) is 4.12. The van der Waals surface area contributed by atoms with Crippen LogP contribution in [0, 0.1) is 18.6 Å². The van der Waals surface area contributed by atoms with Gasteiger partial charge in [0.1, 0.15) is 23.2 Å². The molecule has 2 amide bonds. The number of aromatic nitrogens is 1. The van der Waals surface area contributed by atoms with Crippen LogP contribution in [0.2, 0.25) is 0 Å². The van der Waals surface area contributed by atoms with Crippen molar-refractivity contribution in [2.45, 2.75) is 25.8 Å². The van der Waals surface area contributed by atoms with Crippen molar-refractivity contribution < 1.29 is 18.0 Å². The molecule has 0 spiro atoms. The molecule has 1 aliphatic rings. The first-order valence-electron chi connectivity index (χ1n) is 10.5. The maximum Gasteiger partial charge on any atom is 0.322 e. The highest BCUT2D eigenvalue weighted by molar-refractivity contribution is 5.90. The van der Waals surface area contributed by atoms with Gasteiger partial charge in [0.15, 0.2) is 5.58 Å². The molecule has 2 heterocycles. The second-order valence-electron chi connectivity index (χ2n) is 7.99. The standard InChI is InChI=1S/C25H21F2N3O2/c1-15-12-16(7-9-20(15)27)17-8-10-23-21(13-17)29-24(32-23)22-6-3-11-30(22)25(31)28-19-5-2-4-18(26)14-19/h2,4-5,7-10,12-14,22H,3,6,11H2,1H3,(H,28,31). The zero-order valence-electron chi connectivity index (χ0n) is 17.4. The van der Waals surface area contributed by atoms with Crippen molar-refractivity contribution in [1.29, 1.82) is 0 Å². The van der Waals surface area contributed by atoms with Gasteiger partial charge in [0, 0.05) is 12.2 Å². The minimum atomic E-state index is -0.410. The van der Waals surface area contributed by atoms with Crippen LogP contribution in [0.3, 0.4) is 0 Å². The number of likely N-dealkylation sites (tertiary alicyclic amines) is 1. The highest BCUT2D eigenvalue weighted by Crippen LogP contribution is 2.35. The summed E-state index contributed by atoms with van der Waals surface area (Å²) in [6.45, 7) is 2.29. The molecule has 1 N–H and O–H groups in total. The lowest BCUT2D eigenvalue weighted by Crippen LogP contribution is -2.34. The number of halogens is 2. The van der Waals surface area contributed by atoms with Crippen LogP contribution in [-0.2, 0) is 0 Å². The predicted molar refractivity (Wildman–Crippen MR) is 118 cm³/mol. The largest absolute Gasteiger partial charge is 0.438 e. The fraction of sp³-hybridized carbons (Fsp3) is 0.200. The van der Waals surface area contributed by atoms with Crippen LogP contribution < -0.4 is 5.32 Å². The second-order valence-corrected chi connectivity index (χ2v) is 7.99. The number of carbonyl (C=O) groups is 1. The van der Waals surface area contributed by atoms with Gasteiger partial charge in [-0.2, -0.15) is 0 Å². The number of amides is 2. The molecule has 1 atom stereocenters. The van der Waals surface area contributed by atoms with Gasteiger partial charge in [0.25, 0.3) is 0 Å². The molecule has 1 fully saturated rings. The van der Waals surface area contributed by atoms with E-state index in [4.69, 9.17) is 4.42 Å². The Labute approximate surface area is 183 Å². The van der Waals surface area contributed by atoms with E-state index in [2.05, 4.69) is 10.3 Å². The molecule has 162 valence electrons. The van der Waals surface area contributed by atoms with Crippen molar-refractivity contribution in [3.05, 3.63) is 83.8 Å². The van der Waals surface area contributed by atoms with Crippen LogP contribution in [0.1, 0.15) is 30.3 Å². The SMILES string of the molecule is Cc1cc(-c2ccc3oc(C4CCCN4C(=O)Nc4cccc(F)c4)nc3c2)ccc1F. The summed E-state index contributed by atoms with van der Waals surface area (Å²) in [5, 5.41) is 2.75. The molecule has 5 nitrogen and oxygen atoms in total. The van der Waals surface area contributed by atoms with Crippen molar-refractivity contribution in [3.8, 4) is 11.1 Å². The normalized spacial score (nSPS) is 16.0. The zero-order chi connectivity index (χ0) is 22.2. The van der Waals surface area contributed by atoms with E-state index in [1.165, 1.54) is 18.2 Å². The van der Waals surface area contributed by atoms with Crippen LogP contribution in [-0.4, -0.2) is 22.5 Å². The highest BCUT2D eigenvalue weighted by Gasteiger charge is 2.33. The predicted octanol–water partition coefficient (Wildman–Crippen LogP) is 6.45. The summed E-state index contributed by atoms with van der Waals surface area (Å²) in [4.78, 5) is 19.1. The number of rotatable bonds is 3. The lowest BCUT2D eigenvalue weighted by atomic mass is 10.0. The van der Waals surface area contributed by atoms with Gasteiger partial charge in [0.05, 0.1) is 0 Å². The molecule has 1 aromatic heterocycles. The lowest BCUT2D eigenvalue weighted by molar-refractivity contribution is 0.199. The zero-order valence-corrected chi connectivity index (χ0v) is 17.4. The van der Waals surface area contributed by atoms with E-state index in [1.807, 2.05) is 18.2 Å². The van der Waals surface area contributed by atoms with E-state index < -0.39 is 5.82 Å². The molecular formula is C25H21F2N3O2. The van der Waals surface area contributed by atoms with E-state index in [0.717, 1.165) is 24.0 Å². The van der Waals surface area contributed by atoms with Crippen molar-refractivity contribution in [1.82, 2.24) is 9.88 Å². The Morgan fingerprint density at radius 1 is 1.09 bits per heavy atom. The number of hydrogen-bond donors (Lipinski definition) is 1. The molecule has 0 bridgehead atoms. The molecule has 0 aliphatic carbocycles. The number of hydrogen-bond acceptors (Lipinski definition) is 3. The van der Waals surface area contributed by atoms with Crippen molar-refractivity contribution in [2.24, 2.45) is 0 Å². The van der Waals surface area contributed by atoms with E-state index in [9.17, 15) is 13.6 Å². The number of oxazole rings is 1. The number of urea groups is 1. The third kappa shape index (κ3) is 3.82. The number of aryl methyl sites for hydroxylation is 1. The summed E-state index contributed by atoms with van der Waals surface area (Å²) in [6, 6.07) is 15.8. The summed E-state index contributed by atoms with van der Waals surface area (Å²) >= 11 is 0. The topological polar surface area (TPSA) is 58.4 Å². The first-order valence-corrected chi connectivity index (χ1v) is 10.5. The van der Waals surface area contributed by atoms with Crippen LogP contribution >= 0.6 is 0 Å². The lowest BCUT2D eigenvalue weighted by Gasteiger charge is -2.22. The van der Waals surface area contributed by atoms with Gasteiger partial charge in [-0.3, -0.25) is 0 Å². The molecule has 1 saturated heterocycles. The average Bonchev–Trinajstić information content (AvgIpc) is 3.42. The first-order chi connectivity index (χ1) is 15.5. The highest BCUT2D eigenvalue weighted by atomic mass is 19.1. The monoisotopic (exact) mass is 433 g/mol. The molecule has 3 aromatic carbocycles. The maximum atomic E-state index is 13.6. The van der Waals surface area contributed by atoms with Crippen LogP contribution in [0.5, 0.6) is 0 Å². The van der Waals surface area contributed by atoms with Crippen molar-refractivity contribution in [2.75, 3.05) is 11.9 Å². The van der Waals surface area contributed by atoms with Gasteiger partial charge < -0.3 is 14.6 Å².